The standard InChI is InChI=1S/C44H77NO8S/c1-4-5-6-7-8-9-10-14-17-20-23-26-31-41(40(47)30-28-32-42(48)49)54-36-39(45)44(51)52-35-38(34-46)53-43(50)33-27-24-21-18-15-12-11-13-16-19-22-25-29-37(2)3/h8-9,14,17,20,23,26,31,37-41,46-47H,4-7,10-13,15-16,18-19,21-22,24-25,27-30,32-36,45H2,1-3H3,(H,48,49)/b9-8-,17-14-,23-20+,31-26+/t38-,39-,40-,41+/m0/s1. The molecule has 10 heteroatoms. The third-order valence-corrected chi connectivity index (χ3v) is 10.5. The SMILES string of the molecule is CCCCC/C=C\C\C=C/C=C/C=C/[C@@H](SC[C@H](N)C(=O)OC[C@H](CO)OC(=O)CCCCCCCCCCCCCCC(C)C)[C@@H](O)CCCC(=O)O. The number of aliphatic hydroxyl groups excluding tert-OH is 2. The van der Waals surface area contributed by atoms with E-state index in [0.717, 1.165) is 38.0 Å². The first-order valence-corrected chi connectivity index (χ1v) is 22.0. The highest BCUT2D eigenvalue weighted by Crippen LogP contribution is 2.22. The number of aliphatic hydroxyl groups is 2. The van der Waals surface area contributed by atoms with Crippen LogP contribution >= 0.6 is 11.8 Å². The van der Waals surface area contributed by atoms with Gasteiger partial charge < -0.3 is 30.5 Å². The zero-order valence-electron chi connectivity index (χ0n) is 34.1. The third kappa shape index (κ3) is 34.1. The lowest BCUT2D eigenvalue weighted by Gasteiger charge is -2.21. The predicted octanol–water partition coefficient (Wildman–Crippen LogP) is 9.79. The molecular formula is C44H77NO8S. The van der Waals surface area contributed by atoms with Crippen molar-refractivity contribution in [3.05, 3.63) is 48.6 Å². The Morgan fingerprint density at radius 2 is 1.37 bits per heavy atom. The molecule has 0 amide bonds. The molecule has 0 heterocycles. The summed E-state index contributed by atoms with van der Waals surface area (Å²) in [7, 11) is 0. The molecule has 312 valence electrons. The van der Waals surface area contributed by atoms with Crippen LogP contribution in [-0.4, -0.2) is 75.7 Å². The minimum atomic E-state index is -1.01. The van der Waals surface area contributed by atoms with E-state index in [9.17, 15) is 24.6 Å². The lowest BCUT2D eigenvalue weighted by molar-refractivity contribution is -0.161. The third-order valence-electron chi connectivity index (χ3n) is 9.05. The fourth-order valence-corrected chi connectivity index (χ4v) is 6.83. The molecule has 0 aromatic rings. The van der Waals surface area contributed by atoms with Crippen LogP contribution in [0.4, 0.5) is 0 Å². The molecule has 0 aromatic carbocycles. The number of nitrogens with two attached hydrogens (primary N) is 1. The summed E-state index contributed by atoms with van der Waals surface area (Å²) < 4.78 is 10.6. The molecule has 0 unspecified atom stereocenters. The van der Waals surface area contributed by atoms with Gasteiger partial charge in [-0.1, -0.05) is 159 Å². The predicted molar refractivity (Wildman–Crippen MR) is 224 cm³/mol. The number of carbonyl (C=O) groups is 3. The summed E-state index contributed by atoms with van der Waals surface area (Å²) in [4.78, 5) is 35.9. The second-order valence-electron chi connectivity index (χ2n) is 14.8. The van der Waals surface area contributed by atoms with Crippen molar-refractivity contribution in [3.8, 4) is 0 Å². The molecule has 0 saturated carbocycles. The summed E-state index contributed by atoms with van der Waals surface area (Å²) >= 11 is 1.28. The van der Waals surface area contributed by atoms with Gasteiger partial charge in [-0.15, -0.1) is 11.8 Å². The largest absolute Gasteiger partial charge is 0.481 e. The van der Waals surface area contributed by atoms with Crippen LogP contribution in [0.25, 0.3) is 0 Å². The summed E-state index contributed by atoms with van der Waals surface area (Å²) in [5.74, 6) is -1.10. The first-order valence-electron chi connectivity index (χ1n) is 21.0. The van der Waals surface area contributed by atoms with Gasteiger partial charge in [-0.25, -0.2) is 0 Å². The minimum absolute atomic E-state index is 0.0442. The lowest BCUT2D eigenvalue weighted by atomic mass is 10.0. The molecular weight excluding hydrogens is 703 g/mol. The molecule has 0 spiro atoms. The van der Waals surface area contributed by atoms with E-state index in [0.29, 0.717) is 6.42 Å². The number of carboxylic acid groups (broad SMARTS) is 1. The van der Waals surface area contributed by atoms with Crippen LogP contribution in [0.2, 0.25) is 0 Å². The van der Waals surface area contributed by atoms with Crippen molar-refractivity contribution in [3.63, 3.8) is 0 Å². The molecule has 0 bridgehead atoms. The van der Waals surface area contributed by atoms with E-state index >= 15 is 0 Å². The Morgan fingerprint density at radius 3 is 1.98 bits per heavy atom. The number of esters is 2. The van der Waals surface area contributed by atoms with Crippen molar-refractivity contribution in [2.24, 2.45) is 11.7 Å². The number of thioether (sulfide) groups is 1. The zero-order chi connectivity index (χ0) is 40.1. The fourth-order valence-electron chi connectivity index (χ4n) is 5.71. The van der Waals surface area contributed by atoms with Gasteiger partial charge in [0.15, 0.2) is 6.10 Å². The van der Waals surface area contributed by atoms with Gasteiger partial charge in [0.1, 0.15) is 12.6 Å². The van der Waals surface area contributed by atoms with E-state index in [2.05, 4.69) is 39.0 Å². The Labute approximate surface area is 332 Å². The quantitative estimate of drug-likeness (QED) is 0.0207. The van der Waals surface area contributed by atoms with Gasteiger partial charge in [0, 0.05) is 23.8 Å². The van der Waals surface area contributed by atoms with Gasteiger partial charge in [0.05, 0.1) is 12.7 Å². The van der Waals surface area contributed by atoms with Crippen molar-refractivity contribution in [2.75, 3.05) is 19.0 Å². The van der Waals surface area contributed by atoms with Crippen molar-refractivity contribution in [1.82, 2.24) is 0 Å². The van der Waals surface area contributed by atoms with Crippen molar-refractivity contribution in [1.29, 1.82) is 0 Å². The van der Waals surface area contributed by atoms with Crippen LogP contribution in [0.15, 0.2) is 48.6 Å². The Kier molecular flexibility index (Phi) is 35.9. The molecule has 54 heavy (non-hydrogen) atoms. The molecule has 5 N–H and O–H groups in total. The van der Waals surface area contributed by atoms with Gasteiger partial charge >= 0.3 is 17.9 Å². The first kappa shape index (κ1) is 51.6. The van der Waals surface area contributed by atoms with E-state index < -0.39 is 48.0 Å². The fraction of sp³-hybridized carbons (Fsp3) is 0.750. The average Bonchev–Trinajstić information content (AvgIpc) is 3.14. The number of aliphatic carboxylic acids is 1. The summed E-state index contributed by atoms with van der Waals surface area (Å²) in [6, 6.07) is -1.01. The zero-order valence-corrected chi connectivity index (χ0v) is 34.9. The number of hydrogen-bond acceptors (Lipinski definition) is 9. The highest BCUT2D eigenvalue weighted by molar-refractivity contribution is 8.00. The summed E-state index contributed by atoms with van der Waals surface area (Å²) in [6.07, 6.45) is 36.2. The Bertz CT molecular complexity index is 1040. The van der Waals surface area contributed by atoms with Crippen LogP contribution in [0.1, 0.15) is 162 Å². The molecule has 0 aliphatic rings. The topological polar surface area (TPSA) is 156 Å². The van der Waals surface area contributed by atoms with Crippen LogP contribution in [0, 0.1) is 5.92 Å². The Hall–Kier alpha value is -2.40. The number of hydrogen-bond donors (Lipinski definition) is 4. The molecule has 0 saturated heterocycles. The molecule has 0 aliphatic heterocycles. The number of carbonyl (C=O) groups excluding carboxylic acids is 2. The van der Waals surface area contributed by atoms with E-state index in [-0.39, 0.29) is 31.6 Å². The molecule has 0 fully saturated rings. The molecule has 0 aromatic heterocycles. The monoisotopic (exact) mass is 780 g/mol. The lowest BCUT2D eigenvalue weighted by Crippen LogP contribution is -2.38. The first-order chi connectivity index (χ1) is 26.1. The number of allylic oxidation sites excluding steroid dienone is 7. The average molecular weight is 780 g/mol. The van der Waals surface area contributed by atoms with Crippen LogP contribution in [0.5, 0.6) is 0 Å². The summed E-state index contributed by atoms with van der Waals surface area (Å²) in [6.45, 7) is 5.99. The smallest absolute Gasteiger partial charge is 0.323 e. The molecule has 0 rings (SSSR count). The highest BCUT2D eigenvalue weighted by atomic mass is 32.2. The van der Waals surface area contributed by atoms with Crippen LogP contribution in [-0.2, 0) is 23.9 Å². The molecule has 9 nitrogen and oxygen atoms in total. The van der Waals surface area contributed by atoms with Crippen molar-refractivity contribution in [2.45, 2.75) is 186 Å². The highest BCUT2D eigenvalue weighted by Gasteiger charge is 2.23. The van der Waals surface area contributed by atoms with Crippen molar-refractivity contribution < 1.29 is 39.2 Å². The van der Waals surface area contributed by atoms with Crippen LogP contribution < -0.4 is 5.73 Å². The van der Waals surface area contributed by atoms with E-state index in [1.165, 1.54) is 95.2 Å². The van der Waals surface area contributed by atoms with Gasteiger partial charge in [-0.05, 0) is 44.4 Å². The minimum Gasteiger partial charge on any atom is -0.481 e. The van der Waals surface area contributed by atoms with E-state index in [4.69, 9.17) is 20.3 Å². The number of carboxylic acids is 1. The molecule has 0 aliphatic carbocycles. The van der Waals surface area contributed by atoms with Gasteiger partial charge in [0.25, 0.3) is 0 Å². The Balaban J connectivity index is 4.47. The van der Waals surface area contributed by atoms with E-state index in [1.807, 2.05) is 30.4 Å². The maximum atomic E-state index is 12.6. The Morgan fingerprint density at radius 1 is 0.741 bits per heavy atom. The van der Waals surface area contributed by atoms with Crippen molar-refractivity contribution >= 4 is 29.7 Å². The van der Waals surface area contributed by atoms with Gasteiger partial charge in [-0.2, -0.15) is 0 Å². The molecule has 0 radical (unpaired) electrons. The second-order valence-corrected chi connectivity index (χ2v) is 16.0. The number of ether oxygens (including phenoxy) is 2. The van der Waals surface area contributed by atoms with Crippen LogP contribution in [0.3, 0.4) is 0 Å². The van der Waals surface area contributed by atoms with Gasteiger partial charge in [-0.3, -0.25) is 14.4 Å². The maximum Gasteiger partial charge on any atom is 0.323 e. The normalized spacial score (nSPS) is 14.4. The second kappa shape index (κ2) is 37.5. The van der Waals surface area contributed by atoms with E-state index in [1.54, 1.807) is 0 Å². The molecule has 4 atom stereocenters. The summed E-state index contributed by atoms with van der Waals surface area (Å²) in [5.41, 5.74) is 6.09. The van der Waals surface area contributed by atoms with Gasteiger partial charge in [0.2, 0.25) is 0 Å². The summed E-state index contributed by atoms with van der Waals surface area (Å²) in [5, 5.41) is 29.0. The maximum absolute atomic E-state index is 12.6. The number of rotatable bonds is 37. The number of unbranched alkanes of at least 4 members (excludes halogenated alkanes) is 14.